The Morgan fingerprint density at radius 1 is 1.35 bits per heavy atom. The van der Waals surface area contributed by atoms with E-state index in [1.54, 1.807) is 6.26 Å². The molecule has 2 fully saturated rings. The highest BCUT2D eigenvalue weighted by molar-refractivity contribution is 14.0. The molecule has 7 heteroatoms. The topological polar surface area (TPSA) is 62.0 Å². The van der Waals surface area contributed by atoms with E-state index in [9.17, 15) is 0 Å². The van der Waals surface area contributed by atoms with Crippen LogP contribution in [0.1, 0.15) is 44.4 Å². The number of ether oxygens (including phenoxy) is 1. The average molecular weight is 476 g/mol. The van der Waals surface area contributed by atoms with Gasteiger partial charge in [0.25, 0.3) is 0 Å². The lowest BCUT2D eigenvalue weighted by molar-refractivity contribution is 0.129. The highest BCUT2D eigenvalue weighted by Gasteiger charge is 2.25. The fourth-order valence-corrected chi connectivity index (χ4v) is 3.22. The summed E-state index contributed by atoms with van der Waals surface area (Å²) in [5, 5.41) is 6.69. The number of likely N-dealkylation sites (tertiary alicyclic amines) is 1. The number of rotatable bonds is 10. The lowest BCUT2D eigenvalue weighted by atomic mass is 10.2. The Hall–Kier alpha value is -0.800. The van der Waals surface area contributed by atoms with Crippen LogP contribution in [-0.4, -0.2) is 56.8 Å². The molecule has 0 spiro atoms. The van der Waals surface area contributed by atoms with Gasteiger partial charge in [-0.05, 0) is 63.7 Å². The van der Waals surface area contributed by atoms with Gasteiger partial charge in [0, 0.05) is 19.7 Å². The number of nitrogens with zero attached hydrogens (tertiary/aromatic N) is 2. The van der Waals surface area contributed by atoms with Crippen LogP contribution in [0.2, 0.25) is 0 Å². The zero-order chi connectivity index (χ0) is 17.3. The van der Waals surface area contributed by atoms with Crippen LogP contribution in [-0.2, 0) is 4.74 Å². The van der Waals surface area contributed by atoms with Crippen molar-refractivity contribution in [2.75, 3.05) is 45.9 Å². The molecule has 2 aliphatic rings. The lowest BCUT2D eigenvalue weighted by Gasteiger charge is -2.24. The first-order valence-corrected chi connectivity index (χ1v) is 9.74. The highest BCUT2D eigenvalue weighted by Crippen LogP contribution is 2.28. The van der Waals surface area contributed by atoms with Gasteiger partial charge >= 0.3 is 0 Å². The zero-order valence-electron chi connectivity index (χ0n) is 15.8. The summed E-state index contributed by atoms with van der Waals surface area (Å²) in [7, 11) is 0. The molecule has 1 saturated carbocycles. The van der Waals surface area contributed by atoms with Crippen LogP contribution in [0.25, 0.3) is 0 Å². The van der Waals surface area contributed by atoms with Gasteiger partial charge in [0.15, 0.2) is 5.96 Å². The first-order chi connectivity index (χ1) is 12.4. The minimum Gasteiger partial charge on any atom is -0.468 e. The van der Waals surface area contributed by atoms with E-state index in [1.165, 1.54) is 25.7 Å². The summed E-state index contributed by atoms with van der Waals surface area (Å²) in [4.78, 5) is 7.27. The normalized spacial score (nSPS) is 19.2. The molecule has 0 bridgehead atoms. The van der Waals surface area contributed by atoms with E-state index < -0.39 is 0 Å². The van der Waals surface area contributed by atoms with E-state index in [2.05, 4.69) is 28.5 Å². The molecular formula is C19H33IN4O2. The van der Waals surface area contributed by atoms with Gasteiger partial charge in [0.1, 0.15) is 5.76 Å². The van der Waals surface area contributed by atoms with Gasteiger partial charge in [-0.3, -0.25) is 9.89 Å². The Morgan fingerprint density at radius 2 is 2.15 bits per heavy atom. The van der Waals surface area contributed by atoms with Gasteiger partial charge in [0.05, 0.1) is 25.5 Å². The molecule has 2 N–H and O–H groups in total. The fraction of sp³-hybridized carbons (Fsp3) is 0.737. The van der Waals surface area contributed by atoms with Crippen LogP contribution >= 0.6 is 24.0 Å². The molecule has 1 aromatic heterocycles. The van der Waals surface area contributed by atoms with Crippen LogP contribution in [0, 0.1) is 5.92 Å². The second-order valence-corrected chi connectivity index (χ2v) is 6.94. The third-order valence-electron chi connectivity index (χ3n) is 4.81. The molecule has 1 saturated heterocycles. The first kappa shape index (κ1) is 21.5. The fourth-order valence-electron chi connectivity index (χ4n) is 3.22. The quantitative estimate of drug-likeness (QED) is 0.235. The average Bonchev–Trinajstić information content (AvgIpc) is 3.07. The molecule has 2 heterocycles. The maximum Gasteiger partial charge on any atom is 0.191 e. The van der Waals surface area contributed by atoms with Crippen molar-refractivity contribution < 1.29 is 9.15 Å². The molecule has 1 aliphatic heterocycles. The number of furan rings is 1. The minimum absolute atomic E-state index is 0. The highest BCUT2D eigenvalue weighted by atomic mass is 127. The van der Waals surface area contributed by atoms with Crippen molar-refractivity contribution in [2.45, 2.75) is 38.6 Å². The Morgan fingerprint density at radius 3 is 2.81 bits per heavy atom. The van der Waals surface area contributed by atoms with E-state index in [4.69, 9.17) is 14.1 Å². The summed E-state index contributed by atoms with van der Waals surface area (Å²) in [5.74, 6) is 2.68. The molecule has 0 radical (unpaired) electrons. The Kier molecular flexibility index (Phi) is 9.77. The van der Waals surface area contributed by atoms with E-state index in [0.717, 1.165) is 57.0 Å². The summed E-state index contributed by atoms with van der Waals surface area (Å²) < 4.78 is 11.4. The summed E-state index contributed by atoms with van der Waals surface area (Å²) in [6.45, 7) is 8.31. The van der Waals surface area contributed by atoms with Gasteiger partial charge in [-0.1, -0.05) is 0 Å². The van der Waals surface area contributed by atoms with Crippen molar-refractivity contribution in [3.8, 4) is 0 Å². The molecule has 148 valence electrons. The second-order valence-electron chi connectivity index (χ2n) is 6.94. The largest absolute Gasteiger partial charge is 0.468 e. The summed E-state index contributed by atoms with van der Waals surface area (Å²) in [5.41, 5.74) is 0. The molecule has 3 rings (SSSR count). The van der Waals surface area contributed by atoms with Gasteiger partial charge < -0.3 is 19.8 Å². The Balaban J connectivity index is 0.00000243. The maximum absolute atomic E-state index is 5.68. The molecular weight excluding hydrogens is 443 g/mol. The van der Waals surface area contributed by atoms with Crippen molar-refractivity contribution in [1.29, 1.82) is 0 Å². The van der Waals surface area contributed by atoms with Gasteiger partial charge in [0.2, 0.25) is 0 Å². The number of aliphatic imine (C=N–C) groups is 1. The molecule has 1 aromatic rings. The molecule has 26 heavy (non-hydrogen) atoms. The van der Waals surface area contributed by atoms with E-state index >= 15 is 0 Å². The number of hydrogen-bond acceptors (Lipinski definition) is 4. The Labute approximate surface area is 174 Å². The van der Waals surface area contributed by atoms with Crippen molar-refractivity contribution in [3.63, 3.8) is 0 Å². The number of nitrogens with one attached hydrogen (secondary N) is 2. The van der Waals surface area contributed by atoms with Crippen molar-refractivity contribution in [1.82, 2.24) is 15.5 Å². The molecule has 6 nitrogen and oxygen atoms in total. The van der Waals surface area contributed by atoms with Crippen LogP contribution < -0.4 is 10.6 Å². The number of halogens is 1. The predicted molar refractivity (Wildman–Crippen MR) is 115 cm³/mol. The second kappa shape index (κ2) is 11.8. The minimum atomic E-state index is 0. The third kappa shape index (κ3) is 7.08. The molecule has 1 aliphatic carbocycles. The zero-order valence-corrected chi connectivity index (χ0v) is 18.1. The SMILES string of the molecule is CCNC(=NCC(c1ccco1)N1CCCC1)NCCOCC1CC1.I. The van der Waals surface area contributed by atoms with Gasteiger partial charge in [-0.15, -0.1) is 24.0 Å². The lowest BCUT2D eigenvalue weighted by Crippen LogP contribution is -2.40. The maximum atomic E-state index is 5.68. The summed E-state index contributed by atoms with van der Waals surface area (Å²) >= 11 is 0. The van der Waals surface area contributed by atoms with Gasteiger partial charge in [-0.2, -0.15) is 0 Å². The molecule has 0 aromatic carbocycles. The summed E-state index contributed by atoms with van der Waals surface area (Å²) in [6, 6.07) is 4.24. The van der Waals surface area contributed by atoms with Gasteiger partial charge in [-0.25, -0.2) is 0 Å². The molecule has 1 unspecified atom stereocenters. The number of hydrogen-bond donors (Lipinski definition) is 2. The van der Waals surface area contributed by atoms with Crippen molar-refractivity contribution >= 4 is 29.9 Å². The van der Waals surface area contributed by atoms with Crippen LogP contribution in [0.4, 0.5) is 0 Å². The third-order valence-corrected chi connectivity index (χ3v) is 4.81. The number of guanidine groups is 1. The van der Waals surface area contributed by atoms with E-state index in [1.807, 2.05) is 6.07 Å². The molecule has 0 amide bonds. The van der Waals surface area contributed by atoms with Crippen LogP contribution in [0.15, 0.2) is 27.8 Å². The van der Waals surface area contributed by atoms with E-state index in [0.29, 0.717) is 6.54 Å². The van der Waals surface area contributed by atoms with Crippen LogP contribution in [0.5, 0.6) is 0 Å². The first-order valence-electron chi connectivity index (χ1n) is 9.74. The predicted octanol–water partition coefficient (Wildman–Crippen LogP) is 3.02. The van der Waals surface area contributed by atoms with Crippen molar-refractivity contribution in [2.24, 2.45) is 10.9 Å². The van der Waals surface area contributed by atoms with Crippen molar-refractivity contribution in [3.05, 3.63) is 24.2 Å². The Bertz CT molecular complexity index is 514. The smallest absolute Gasteiger partial charge is 0.191 e. The summed E-state index contributed by atoms with van der Waals surface area (Å²) in [6.07, 6.45) is 6.95. The van der Waals surface area contributed by atoms with E-state index in [-0.39, 0.29) is 30.0 Å². The standard InChI is InChI=1S/C19H32N4O2.HI/c1-2-20-19(21-9-13-24-15-16-7-8-16)22-14-17(18-6-5-12-25-18)23-10-3-4-11-23;/h5-6,12,16-17H,2-4,7-11,13-15H2,1H3,(H2,20,21,22);1H. The van der Waals surface area contributed by atoms with Crippen LogP contribution in [0.3, 0.4) is 0 Å². The molecule has 1 atom stereocenters. The monoisotopic (exact) mass is 476 g/mol.